The summed E-state index contributed by atoms with van der Waals surface area (Å²) in [5, 5.41) is 12.2. The van der Waals surface area contributed by atoms with Crippen LogP contribution in [-0.2, 0) is 19.1 Å². The summed E-state index contributed by atoms with van der Waals surface area (Å²) in [5.74, 6) is -1.47. The van der Waals surface area contributed by atoms with Crippen LogP contribution in [0, 0.1) is 0 Å². The molecule has 1 fully saturated rings. The number of hydrogen-bond donors (Lipinski definition) is 1. The number of hydrogen-bond acceptors (Lipinski definition) is 6. The minimum atomic E-state index is -0.982. The molecule has 2 heterocycles. The highest BCUT2D eigenvalue weighted by Gasteiger charge is 2.38. The third kappa shape index (κ3) is 5.14. The number of ether oxygens (including phenoxy) is 2. The Balaban J connectivity index is 1.67. The van der Waals surface area contributed by atoms with Crippen LogP contribution < -0.4 is 4.90 Å². The summed E-state index contributed by atoms with van der Waals surface area (Å²) < 4.78 is 12.8. The zero-order chi connectivity index (χ0) is 24.6. The Kier molecular flexibility index (Phi) is 6.75. The lowest BCUT2D eigenvalue weighted by Crippen LogP contribution is -2.36. The van der Waals surface area contributed by atoms with Crippen LogP contribution in [-0.4, -0.2) is 57.5 Å². The van der Waals surface area contributed by atoms with E-state index in [9.17, 15) is 14.7 Å². The van der Waals surface area contributed by atoms with Gasteiger partial charge >= 0.3 is 11.9 Å². The molecule has 0 radical (unpaired) electrons. The van der Waals surface area contributed by atoms with E-state index in [1.807, 2.05) is 22.8 Å². The highest BCUT2D eigenvalue weighted by atomic mass is 35.5. The van der Waals surface area contributed by atoms with E-state index >= 15 is 0 Å². The first-order valence-corrected chi connectivity index (χ1v) is 11.5. The lowest BCUT2D eigenvalue weighted by Gasteiger charge is -2.25. The van der Waals surface area contributed by atoms with Crippen LogP contribution >= 0.6 is 23.2 Å². The van der Waals surface area contributed by atoms with Gasteiger partial charge in [0.1, 0.15) is 18.2 Å². The monoisotopic (exact) mass is 505 g/mol. The molecule has 0 bridgehead atoms. The molecule has 1 aliphatic rings. The molecule has 8 nitrogen and oxygen atoms in total. The summed E-state index contributed by atoms with van der Waals surface area (Å²) in [6.07, 6.45) is 4.88. The Labute approximate surface area is 207 Å². The van der Waals surface area contributed by atoms with E-state index in [4.69, 9.17) is 32.7 Å². The van der Waals surface area contributed by atoms with Gasteiger partial charge in [0.2, 0.25) is 0 Å². The van der Waals surface area contributed by atoms with Crippen LogP contribution in [0.4, 0.5) is 5.69 Å². The first-order valence-electron chi connectivity index (χ1n) is 10.8. The highest BCUT2D eigenvalue weighted by molar-refractivity contribution is 6.45. The molecule has 0 saturated carbocycles. The number of rotatable bonds is 6. The van der Waals surface area contributed by atoms with Gasteiger partial charge in [0.25, 0.3) is 0 Å². The molecule has 0 spiro atoms. The van der Waals surface area contributed by atoms with E-state index in [2.05, 4.69) is 4.98 Å². The van der Waals surface area contributed by atoms with E-state index in [1.165, 1.54) is 0 Å². The molecule has 0 aliphatic carbocycles. The van der Waals surface area contributed by atoms with Gasteiger partial charge in [-0.1, -0.05) is 29.3 Å². The maximum Gasteiger partial charge on any atom is 0.332 e. The van der Waals surface area contributed by atoms with Crippen molar-refractivity contribution in [3.05, 3.63) is 53.0 Å². The topological polar surface area (TPSA) is 93.9 Å². The van der Waals surface area contributed by atoms with E-state index in [1.54, 1.807) is 50.5 Å². The van der Waals surface area contributed by atoms with Gasteiger partial charge < -0.3 is 24.0 Å². The van der Waals surface area contributed by atoms with Crippen LogP contribution in [0.3, 0.4) is 0 Å². The van der Waals surface area contributed by atoms with Crippen molar-refractivity contribution in [3.63, 3.8) is 0 Å². The van der Waals surface area contributed by atoms with Crippen molar-refractivity contribution < 1.29 is 24.2 Å². The molecule has 3 aromatic rings. The SMILES string of the molecule is CC(C)(C)OC(=O)CO[C@H]1C[C@@H](C(=O)O)N(c2cc(-n3ccnc3)c3ccc(Cl)c(Cl)c3c2)C1. The predicted molar refractivity (Wildman–Crippen MR) is 130 cm³/mol. The molecule has 2 aromatic carbocycles. The molecule has 0 unspecified atom stereocenters. The molecule has 34 heavy (non-hydrogen) atoms. The number of nitrogens with zero attached hydrogens (tertiary/aromatic N) is 3. The zero-order valence-electron chi connectivity index (χ0n) is 19.0. The van der Waals surface area contributed by atoms with Gasteiger partial charge in [-0.15, -0.1) is 0 Å². The maximum atomic E-state index is 12.1. The third-order valence-electron chi connectivity index (χ3n) is 5.50. The second kappa shape index (κ2) is 9.44. The number of benzene rings is 2. The van der Waals surface area contributed by atoms with Crippen LogP contribution in [0.1, 0.15) is 27.2 Å². The fourth-order valence-electron chi connectivity index (χ4n) is 4.11. The minimum absolute atomic E-state index is 0.222. The largest absolute Gasteiger partial charge is 0.480 e. The number of carboxylic acids is 1. The van der Waals surface area contributed by atoms with Gasteiger partial charge in [0.15, 0.2) is 0 Å². The molecule has 1 aromatic heterocycles. The lowest BCUT2D eigenvalue weighted by atomic mass is 10.1. The number of carbonyl (C=O) groups is 2. The Morgan fingerprint density at radius 1 is 1.21 bits per heavy atom. The average Bonchev–Trinajstić information content (AvgIpc) is 3.43. The van der Waals surface area contributed by atoms with Crippen molar-refractivity contribution in [2.75, 3.05) is 18.1 Å². The fraction of sp³-hybridized carbons (Fsp3) is 0.375. The maximum absolute atomic E-state index is 12.1. The summed E-state index contributed by atoms with van der Waals surface area (Å²) in [6, 6.07) is 6.47. The van der Waals surface area contributed by atoms with Crippen molar-refractivity contribution >= 4 is 51.6 Å². The molecule has 0 amide bonds. The summed E-state index contributed by atoms with van der Waals surface area (Å²) in [5.41, 5.74) is 0.808. The molecular formula is C24H25Cl2N3O5. The number of imidazole rings is 1. The first kappa shape index (κ1) is 24.3. The molecule has 1 N–H and O–H groups in total. The summed E-state index contributed by atoms with van der Waals surface area (Å²) >= 11 is 12.8. The number of aliphatic carboxylic acids is 1. The minimum Gasteiger partial charge on any atom is -0.480 e. The second-order valence-electron chi connectivity index (χ2n) is 9.15. The Morgan fingerprint density at radius 2 is 1.97 bits per heavy atom. The Morgan fingerprint density at radius 3 is 2.62 bits per heavy atom. The summed E-state index contributed by atoms with van der Waals surface area (Å²) in [7, 11) is 0. The van der Waals surface area contributed by atoms with E-state index < -0.39 is 29.7 Å². The van der Waals surface area contributed by atoms with E-state index in [0.29, 0.717) is 21.1 Å². The molecule has 1 aliphatic heterocycles. The smallest absolute Gasteiger partial charge is 0.332 e. The van der Waals surface area contributed by atoms with Gasteiger partial charge in [0.05, 0.1) is 28.2 Å². The fourth-order valence-corrected chi connectivity index (χ4v) is 4.50. The van der Waals surface area contributed by atoms with Crippen molar-refractivity contribution in [1.29, 1.82) is 0 Å². The number of anilines is 1. The number of fused-ring (bicyclic) bond motifs is 1. The summed E-state index contributed by atoms with van der Waals surface area (Å²) in [4.78, 5) is 30.0. The van der Waals surface area contributed by atoms with E-state index in [-0.39, 0.29) is 19.6 Å². The Bertz CT molecular complexity index is 1220. The van der Waals surface area contributed by atoms with Gasteiger partial charge in [-0.25, -0.2) is 14.6 Å². The average molecular weight is 506 g/mol. The molecule has 180 valence electrons. The molecule has 10 heteroatoms. The quantitative estimate of drug-likeness (QED) is 0.484. The first-order chi connectivity index (χ1) is 16.0. The van der Waals surface area contributed by atoms with Crippen LogP contribution in [0.25, 0.3) is 16.5 Å². The van der Waals surface area contributed by atoms with Crippen LogP contribution in [0.5, 0.6) is 0 Å². The third-order valence-corrected chi connectivity index (χ3v) is 6.32. The number of halogens is 2. The van der Waals surface area contributed by atoms with Gasteiger partial charge in [-0.05, 0) is 39.0 Å². The van der Waals surface area contributed by atoms with Gasteiger partial charge in [-0.3, -0.25) is 0 Å². The van der Waals surface area contributed by atoms with Crippen molar-refractivity contribution in [2.24, 2.45) is 0 Å². The van der Waals surface area contributed by atoms with Crippen molar-refractivity contribution in [2.45, 2.75) is 44.9 Å². The molecule has 2 atom stereocenters. The molecule has 4 rings (SSSR count). The number of aromatic nitrogens is 2. The van der Waals surface area contributed by atoms with Crippen LogP contribution in [0.15, 0.2) is 43.0 Å². The van der Waals surface area contributed by atoms with Crippen LogP contribution in [0.2, 0.25) is 10.0 Å². The predicted octanol–water partition coefficient (Wildman–Crippen LogP) is 4.72. The van der Waals surface area contributed by atoms with Crippen molar-refractivity contribution in [1.82, 2.24) is 9.55 Å². The Hall–Kier alpha value is -2.81. The standard InChI is InChI=1S/C24H25Cl2N3O5/c1-24(2,3)34-21(30)12-33-15-10-20(23(31)32)29(11-15)14-8-17-16(4-5-18(25)22(17)26)19(9-14)28-7-6-27-13-28/h4-9,13,15,20H,10-12H2,1-3H3,(H,31,32)/t15-,20-/m0/s1. The highest BCUT2D eigenvalue weighted by Crippen LogP contribution is 2.39. The number of carboxylic acid groups (broad SMARTS) is 1. The molecule has 1 saturated heterocycles. The summed E-state index contributed by atoms with van der Waals surface area (Å²) in [6.45, 7) is 5.36. The van der Waals surface area contributed by atoms with E-state index in [0.717, 1.165) is 11.1 Å². The second-order valence-corrected chi connectivity index (χ2v) is 9.94. The molecular weight excluding hydrogens is 481 g/mol. The zero-order valence-corrected chi connectivity index (χ0v) is 20.5. The van der Waals surface area contributed by atoms with Gasteiger partial charge in [-0.2, -0.15) is 0 Å². The normalized spacial score (nSPS) is 18.4. The van der Waals surface area contributed by atoms with Crippen molar-refractivity contribution in [3.8, 4) is 5.69 Å². The number of esters is 1. The van der Waals surface area contributed by atoms with Gasteiger partial charge in [0, 0.05) is 41.8 Å². The number of carbonyl (C=O) groups excluding carboxylic acids is 1. The lowest BCUT2D eigenvalue weighted by molar-refractivity contribution is -0.161.